The van der Waals surface area contributed by atoms with Crippen LogP contribution in [0.1, 0.15) is 18.1 Å². The molecule has 0 fully saturated rings. The lowest BCUT2D eigenvalue weighted by atomic mass is 9.83. The van der Waals surface area contributed by atoms with E-state index in [0.717, 1.165) is 16.8 Å². The molecule has 142 valence electrons. The van der Waals surface area contributed by atoms with Gasteiger partial charge < -0.3 is 15.7 Å². The Hall–Kier alpha value is -3.15. The molecule has 1 aromatic carbocycles. The number of aliphatic hydroxyl groups excluding tert-OH is 1. The van der Waals surface area contributed by atoms with Crippen molar-refractivity contribution in [1.29, 1.82) is 5.26 Å². The lowest BCUT2D eigenvalue weighted by Gasteiger charge is -2.21. The van der Waals surface area contributed by atoms with Crippen LogP contribution in [0.4, 0.5) is 17.5 Å². The number of rotatable bonds is 4. The van der Waals surface area contributed by atoms with Gasteiger partial charge in [0.25, 0.3) is 0 Å². The lowest BCUT2D eigenvalue weighted by molar-refractivity contribution is 0.219. The minimum Gasteiger partial charge on any atom is -0.395 e. The van der Waals surface area contributed by atoms with E-state index < -0.39 is 5.41 Å². The van der Waals surface area contributed by atoms with Crippen LogP contribution in [0.25, 0.3) is 11.3 Å². The number of nitriles is 1. The van der Waals surface area contributed by atoms with Crippen LogP contribution in [0.3, 0.4) is 0 Å². The maximum absolute atomic E-state index is 9.85. The Morgan fingerprint density at radius 1 is 1.46 bits per heavy atom. The summed E-state index contributed by atoms with van der Waals surface area (Å²) >= 11 is 6.13. The molecule has 9 heteroatoms. The molecule has 3 N–H and O–H groups in total. The van der Waals surface area contributed by atoms with Gasteiger partial charge in [-0.15, -0.1) is 0 Å². The van der Waals surface area contributed by atoms with Crippen LogP contribution in [0, 0.1) is 11.3 Å². The van der Waals surface area contributed by atoms with Gasteiger partial charge in [-0.3, -0.25) is 4.68 Å². The highest BCUT2D eigenvalue weighted by molar-refractivity contribution is 6.32. The summed E-state index contributed by atoms with van der Waals surface area (Å²) in [5, 5.41) is 30.4. The predicted octanol–water partition coefficient (Wildman–Crippen LogP) is 2.82. The van der Waals surface area contributed by atoms with E-state index in [1.165, 1.54) is 0 Å². The van der Waals surface area contributed by atoms with E-state index in [2.05, 4.69) is 31.8 Å². The summed E-state index contributed by atoms with van der Waals surface area (Å²) in [5.41, 5.74) is 3.17. The third-order valence-electron chi connectivity index (χ3n) is 4.88. The molecule has 2 aromatic heterocycles. The summed E-state index contributed by atoms with van der Waals surface area (Å²) in [6.45, 7) is 2.52. The predicted molar refractivity (Wildman–Crippen MR) is 107 cm³/mol. The van der Waals surface area contributed by atoms with Crippen molar-refractivity contribution in [2.24, 2.45) is 7.05 Å². The molecule has 0 aliphatic carbocycles. The largest absolute Gasteiger partial charge is 0.395 e. The van der Waals surface area contributed by atoms with Gasteiger partial charge in [0.2, 0.25) is 5.95 Å². The number of nitrogens with one attached hydrogen (secondary N) is 2. The van der Waals surface area contributed by atoms with Crippen molar-refractivity contribution in [2.45, 2.75) is 12.3 Å². The third-order valence-corrected chi connectivity index (χ3v) is 5.16. The molecule has 3 aromatic rings. The fourth-order valence-electron chi connectivity index (χ4n) is 3.29. The van der Waals surface area contributed by atoms with E-state index in [1.807, 2.05) is 13.0 Å². The summed E-state index contributed by atoms with van der Waals surface area (Å²) in [4.78, 5) is 8.76. The molecule has 1 unspecified atom stereocenters. The molecule has 3 heterocycles. The Kier molecular flexibility index (Phi) is 4.41. The molecule has 1 aliphatic rings. The lowest BCUT2D eigenvalue weighted by Crippen LogP contribution is -2.28. The Morgan fingerprint density at radius 3 is 2.96 bits per heavy atom. The minimum absolute atomic E-state index is 0.0178. The number of hydrogen-bond acceptors (Lipinski definition) is 7. The number of aromatic nitrogens is 4. The summed E-state index contributed by atoms with van der Waals surface area (Å²) in [6.07, 6.45) is 3.31. The molecular formula is C19H18ClN7O. The smallest absolute Gasteiger partial charge is 0.228 e. The van der Waals surface area contributed by atoms with Crippen molar-refractivity contribution in [3.8, 4) is 17.3 Å². The molecule has 1 atom stereocenters. The van der Waals surface area contributed by atoms with Gasteiger partial charge in [0, 0.05) is 37.0 Å². The molecule has 0 bridgehead atoms. The van der Waals surface area contributed by atoms with Gasteiger partial charge in [-0.1, -0.05) is 18.5 Å². The van der Waals surface area contributed by atoms with Gasteiger partial charge >= 0.3 is 0 Å². The average Bonchev–Trinajstić information content (AvgIpc) is 3.20. The molecule has 1 aliphatic heterocycles. The molecule has 4 rings (SSSR count). The van der Waals surface area contributed by atoms with Crippen molar-refractivity contribution in [3.05, 3.63) is 46.7 Å². The Morgan fingerprint density at radius 2 is 2.29 bits per heavy atom. The number of halogens is 1. The summed E-state index contributed by atoms with van der Waals surface area (Å²) in [5.74, 6) is 0.810. The van der Waals surface area contributed by atoms with Gasteiger partial charge in [-0.25, -0.2) is 9.97 Å². The first-order valence-corrected chi connectivity index (χ1v) is 9.04. The Balaban J connectivity index is 1.75. The molecule has 0 amide bonds. The molecular weight excluding hydrogens is 378 g/mol. The van der Waals surface area contributed by atoms with Crippen LogP contribution < -0.4 is 10.6 Å². The van der Waals surface area contributed by atoms with Gasteiger partial charge in [0.05, 0.1) is 23.6 Å². The van der Waals surface area contributed by atoms with E-state index >= 15 is 0 Å². The van der Waals surface area contributed by atoms with Gasteiger partial charge in [-0.2, -0.15) is 10.4 Å². The number of anilines is 3. The number of hydrogen-bond donors (Lipinski definition) is 3. The zero-order valence-corrected chi connectivity index (χ0v) is 16.1. The van der Waals surface area contributed by atoms with E-state index in [4.69, 9.17) is 11.6 Å². The van der Waals surface area contributed by atoms with E-state index in [1.54, 1.807) is 36.3 Å². The molecule has 8 nitrogen and oxygen atoms in total. The molecule has 28 heavy (non-hydrogen) atoms. The maximum atomic E-state index is 9.85. The first-order chi connectivity index (χ1) is 13.4. The Labute approximate surface area is 166 Å². The average molecular weight is 396 g/mol. The number of fused-ring (bicyclic) bond motifs is 1. The summed E-state index contributed by atoms with van der Waals surface area (Å²) in [6, 6.07) is 7.75. The van der Waals surface area contributed by atoms with Crippen LogP contribution in [0.15, 0.2) is 30.6 Å². The van der Waals surface area contributed by atoms with Crippen molar-refractivity contribution < 1.29 is 5.11 Å². The summed E-state index contributed by atoms with van der Waals surface area (Å²) in [7, 11) is 1.77. The van der Waals surface area contributed by atoms with Gasteiger partial charge in [-0.05, 0) is 23.8 Å². The normalized spacial score (nSPS) is 17.7. The van der Waals surface area contributed by atoms with Crippen LogP contribution in [-0.2, 0) is 12.5 Å². The second-order valence-electron chi connectivity index (χ2n) is 7.02. The number of benzene rings is 1. The second kappa shape index (κ2) is 6.78. The van der Waals surface area contributed by atoms with Crippen molar-refractivity contribution in [1.82, 2.24) is 19.7 Å². The zero-order valence-electron chi connectivity index (χ0n) is 15.4. The van der Waals surface area contributed by atoms with Crippen LogP contribution in [-0.4, -0.2) is 38.0 Å². The number of aryl methyl sites for hydroxylation is 1. The van der Waals surface area contributed by atoms with Crippen molar-refractivity contribution in [3.63, 3.8) is 0 Å². The monoisotopic (exact) mass is 395 g/mol. The molecule has 0 radical (unpaired) electrons. The fraction of sp³-hybridized carbons (Fsp3) is 0.263. The van der Waals surface area contributed by atoms with E-state index in [-0.39, 0.29) is 6.61 Å². The number of nitrogens with zero attached hydrogens (tertiary/aromatic N) is 5. The minimum atomic E-state index is -0.452. The van der Waals surface area contributed by atoms with Crippen LogP contribution in [0.2, 0.25) is 5.02 Å². The summed E-state index contributed by atoms with van der Waals surface area (Å²) < 4.78 is 1.59. The highest BCUT2D eigenvalue weighted by atomic mass is 35.5. The molecule has 0 saturated carbocycles. The first kappa shape index (κ1) is 18.2. The third kappa shape index (κ3) is 3.05. The standard InChI is InChI=1S/C19H18ClN7O/c1-19(10-28)9-23-16-12(7-21)5-11(6-13(16)19)15-3-4-22-18(24-15)25-17-14(20)8-27(2)26-17/h3-6,8,23,28H,9-10H2,1-2H3,(H,22,24,25,26). The van der Waals surface area contributed by atoms with Gasteiger partial charge in [0.15, 0.2) is 5.82 Å². The second-order valence-corrected chi connectivity index (χ2v) is 7.43. The van der Waals surface area contributed by atoms with Crippen molar-refractivity contribution in [2.75, 3.05) is 23.8 Å². The van der Waals surface area contributed by atoms with E-state index in [9.17, 15) is 10.4 Å². The highest BCUT2D eigenvalue weighted by Crippen LogP contribution is 2.41. The number of aliphatic hydroxyl groups is 1. The van der Waals surface area contributed by atoms with Crippen LogP contribution in [0.5, 0.6) is 0 Å². The maximum Gasteiger partial charge on any atom is 0.228 e. The quantitative estimate of drug-likeness (QED) is 0.622. The first-order valence-electron chi connectivity index (χ1n) is 8.66. The topological polar surface area (TPSA) is 112 Å². The highest BCUT2D eigenvalue weighted by Gasteiger charge is 2.35. The van der Waals surface area contributed by atoms with Crippen LogP contribution >= 0.6 is 11.6 Å². The Bertz CT molecular complexity index is 1100. The van der Waals surface area contributed by atoms with E-state index in [0.29, 0.717) is 34.6 Å². The van der Waals surface area contributed by atoms with Gasteiger partial charge in [0.1, 0.15) is 11.1 Å². The van der Waals surface area contributed by atoms with Crippen molar-refractivity contribution >= 4 is 29.1 Å². The zero-order chi connectivity index (χ0) is 19.9. The molecule has 0 saturated heterocycles. The SMILES string of the molecule is Cn1cc(Cl)c(Nc2nccc(-c3cc(C#N)c4c(c3)C(C)(CO)CN4)n2)n1. The fourth-order valence-corrected chi connectivity index (χ4v) is 3.52. The molecule has 0 spiro atoms.